The van der Waals surface area contributed by atoms with Gasteiger partial charge in [-0.3, -0.25) is 4.79 Å². The van der Waals surface area contributed by atoms with E-state index in [1.165, 1.54) is 0 Å². The third-order valence-electron chi connectivity index (χ3n) is 2.17. The van der Waals surface area contributed by atoms with E-state index in [0.29, 0.717) is 17.7 Å². The number of hydrogen-bond acceptors (Lipinski definition) is 3. The minimum Gasteiger partial charge on any atom is -0.398 e. The smallest absolute Gasteiger partial charge is 0.150 e. The molecule has 0 aliphatic rings. The van der Waals surface area contributed by atoms with Crippen LogP contribution in [0.5, 0.6) is 0 Å². The number of aliphatic hydroxyl groups is 1. The van der Waals surface area contributed by atoms with Crippen LogP contribution in [-0.2, 0) is 6.42 Å². The molecule has 0 fully saturated rings. The molecule has 3 N–H and O–H groups in total. The fourth-order valence-corrected chi connectivity index (χ4v) is 1.37. The molecule has 0 saturated carbocycles. The SMILES string of the molecule is Cc1c(C=O)ccc(N)c1CCO. The summed E-state index contributed by atoms with van der Waals surface area (Å²) in [5.74, 6) is 0. The van der Waals surface area contributed by atoms with Crippen LogP contribution in [0.3, 0.4) is 0 Å². The molecule has 0 aliphatic carbocycles. The first-order valence-electron chi connectivity index (χ1n) is 4.14. The van der Waals surface area contributed by atoms with Gasteiger partial charge in [0.15, 0.2) is 0 Å². The summed E-state index contributed by atoms with van der Waals surface area (Å²) in [6, 6.07) is 3.39. The number of carbonyl (C=O) groups excluding carboxylic acids is 1. The highest BCUT2D eigenvalue weighted by atomic mass is 16.2. The molecule has 1 aromatic rings. The predicted molar refractivity (Wildman–Crippen MR) is 51.8 cm³/mol. The van der Waals surface area contributed by atoms with Crippen molar-refractivity contribution in [2.45, 2.75) is 13.3 Å². The molecule has 3 nitrogen and oxygen atoms in total. The van der Waals surface area contributed by atoms with E-state index in [1.807, 2.05) is 6.92 Å². The summed E-state index contributed by atoms with van der Waals surface area (Å²) in [4.78, 5) is 10.6. The second-order valence-electron chi connectivity index (χ2n) is 2.94. The minimum atomic E-state index is 0.0490. The van der Waals surface area contributed by atoms with Gasteiger partial charge in [0.05, 0.1) is 0 Å². The molecule has 0 unspecified atom stereocenters. The maximum atomic E-state index is 10.6. The largest absolute Gasteiger partial charge is 0.398 e. The Morgan fingerprint density at radius 1 is 1.54 bits per heavy atom. The van der Waals surface area contributed by atoms with Gasteiger partial charge in [-0.15, -0.1) is 0 Å². The van der Waals surface area contributed by atoms with Gasteiger partial charge in [-0.25, -0.2) is 0 Å². The maximum absolute atomic E-state index is 10.6. The molecule has 1 aromatic carbocycles. The van der Waals surface area contributed by atoms with Crippen molar-refractivity contribution in [3.63, 3.8) is 0 Å². The van der Waals surface area contributed by atoms with Crippen molar-refractivity contribution in [2.75, 3.05) is 12.3 Å². The molecule has 1 rings (SSSR count). The number of nitrogen functional groups attached to an aromatic ring is 1. The Kier molecular flexibility index (Phi) is 3.03. The first-order chi connectivity index (χ1) is 6.20. The van der Waals surface area contributed by atoms with Crippen molar-refractivity contribution in [1.29, 1.82) is 0 Å². The standard InChI is InChI=1S/C10H13NO2/c1-7-8(6-13)2-3-10(11)9(7)4-5-12/h2-3,6,12H,4-5,11H2,1H3. The third kappa shape index (κ3) is 1.87. The van der Waals surface area contributed by atoms with E-state index in [2.05, 4.69) is 0 Å². The molecular formula is C10H13NO2. The molecule has 13 heavy (non-hydrogen) atoms. The molecule has 0 bridgehead atoms. The molecule has 0 radical (unpaired) electrons. The molecular weight excluding hydrogens is 166 g/mol. The van der Waals surface area contributed by atoms with E-state index in [-0.39, 0.29) is 6.61 Å². The summed E-state index contributed by atoms with van der Waals surface area (Å²) in [5, 5.41) is 8.79. The lowest BCUT2D eigenvalue weighted by atomic mass is 9.99. The Hall–Kier alpha value is -1.35. The molecule has 0 amide bonds. The van der Waals surface area contributed by atoms with E-state index in [0.717, 1.165) is 17.4 Å². The molecule has 0 saturated heterocycles. The van der Waals surface area contributed by atoms with E-state index in [9.17, 15) is 4.79 Å². The molecule has 0 aliphatic heterocycles. The Labute approximate surface area is 77.2 Å². The first-order valence-corrected chi connectivity index (χ1v) is 4.14. The molecule has 3 heteroatoms. The summed E-state index contributed by atoms with van der Waals surface area (Å²) >= 11 is 0. The maximum Gasteiger partial charge on any atom is 0.150 e. The van der Waals surface area contributed by atoms with E-state index >= 15 is 0 Å². The Balaban J connectivity index is 3.21. The zero-order valence-electron chi connectivity index (χ0n) is 7.58. The molecule has 0 aromatic heterocycles. The fourth-order valence-electron chi connectivity index (χ4n) is 1.37. The summed E-state index contributed by atoms with van der Waals surface area (Å²) in [6.07, 6.45) is 1.30. The monoisotopic (exact) mass is 179 g/mol. The second kappa shape index (κ2) is 4.05. The molecule has 70 valence electrons. The number of benzene rings is 1. The van der Waals surface area contributed by atoms with Gasteiger partial charge in [-0.2, -0.15) is 0 Å². The van der Waals surface area contributed by atoms with E-state index < -0.39 is 0 Å². The Morgan fingerprint density at radius 2 is 2.23 bits per heavy atom. The van der Waals surface area contributed by atoms with Crippen LogP contribution in [0.4, 0.5) is 5.69 Å². The van der Waals surface area contributed by atoms with Crippen LogP contribution in [0.25, 0.3) is 0 Å². The summed E-state index contributed by atoms with van der Waals surface area (Å²) in [6.45, 7) is 1.89. The van der Waals surface area contributed by atoms with Gasteiger partial charge in [-0.1, -0.05) is 0 Å². The van der Waals surface area contributed by atoms with Crippen molar-refractivity contribution >= 4 is 12.0 Å². The third-order valence-corrected chi connectivity index (χ3v) is 2.17. The van der Waals surface area contributed by atoms with Crippen molar-refractivity contribution in [1.82, 2.24) is 0 Å². The van der Waals surface area contributed by atoms with Crippen molar-refractivity contribution in [3.05, 3.63) is 28.8 Å². The number of aldehydes is 1. The Bertz CT molecular complexity index is 321. The topological polar surface area (TPSA) is 63.3 Å². The van der Waals surface area contributed by atoms with Crippen LogP contribution >= 0.6 is 0 Å². The molecule has 0 spiro atoms. The number of rotatable bonds is 3. The quantitative estimate of drug-likeness (QED) is 0.535. The number of aliphatic hydroxyl groups excluding tert-OH is 1. The fraction of sp³-hybridized carbons (Fsp3) is 0.300. The van der Waals surface area contributed by atoms with Crippen LogP contribution < -0.4 is 5.73 Å². The lowest BCUT2D eigenvalue weighted by Crippen LogP contribution is -2.03. The zero-order valence-corrected chi connectivity index (χ0v) is 7.58. The molecule has 0 atom stereocenters. The van der Waals surface area contributed by atoms with E-state index in [4.69, 9.17) is 10.8 Å². The van der Waals surface area contributed by atoms with Gasteiger partial charge < -0.3 is 10.8 Å². The van der Waals surface area contributed by atoms with Crippen molar-refractivity contribution < 1.29 is 9.90 Å². The van der Waals surface area contributed by atoms with Crippen LogP contribution in [-0.4, -0.2) is 18.0 Å². The van der Waals surface area contributed by atoms with Gasteiger partial charge in [0, 0.05) is 17.9 Å². The normalized spacial score (nSPS) is 10.0. The summed E-state index contributed by atoms with van der Waals surface area (Å²) < 4.78 is 0. The number of carbonyl (C=O) groups is 1. The highest BCUT2D eigenvalue weighted by Gasteiger charge is 2.06. The van der Waals surface area contributed by atoms with Crippen LogP contribution in [0.2, 0.25) is 0 Å². The average Bonchev–Trinajstić information content (AvgIpc) is 2.12. The lowest BCUT2D eigenvalue weighted by molar-refractivity contribution is 0.112. The Morgan fingerprint density at radius 3 is 2.77 bits per heavy atom. The number of hydrogen-bond donors (Lipinski definition) is 2. The number of nitrogens with two attached hydrogens (primary N) is 1. The van der Waals surface area contributed by atoms with Gasteiger partial charge in [-0.05, 0) is 36.6 Å². The minimum absolute atomic E-state index is 0.0490. The van der Waals surface area contributed by atoms with Gasteiger partial charge in [0.25, 0.3) is 0 Å². The van der Waals surface area contributed by atoms with Crippen LogP contribution in [0, 0.1) is 6.92 Å². The van der Waals surface area contributed by atoms with Crippen LogP contribution in [0.15, 0.2) is 12.1 Å². The first kappa shape index (κ1) is 9.74. The van der Waals surface area contributed by atoms with Crippen LogP contribution in [0.1, 0.15) is 21.5 Å². The van der Waals surface area contributed by atoms with Gasteiger partial charge in [0.2, 0.25) is 0 Å². The summed E-state index contributed by atoms with van der Waals surface area (Å²) in [5.41, 5.74) is 8.71. The predicted octanol–water partition coefficient (Wildman–Crippen LogP) is 0.925. The van der Waals surface area contributed by atoms with Crippen molar-refractivity contribution in [2.24, 2.45) is 0 Å². The second-order valence-corrected chi connectivity index (χ2v) is 2.94. The number of anilines is 1. The lowest BCUT2D eigenvalue weighted by Gasteiger charge is -2.09. The zero-order chi connectivity index (χ0) is 9.84. The highest BCUT2D eigenvalue weighted by Crippen LogP contribution is 2.19. The van der Waals surface area contributed by atoms with Gasteiger partial charge in [0.1, 0.15) is 6.29 Å². The van der Waals surface area contributed by atoms with E-state index in [1.54, 1.807) is 12.1 Å². The highest BCUT2D eigenvalue weighted by molar-refractivity contribution is 5.79. The van der Waals surface area contributed by atoms with Crippen molar-refractivity contribution in [3.8, 4) is 0 Å². The molecule has 0 heterocycles. The van der Waals surface area contributed by atoms with Gasteiger partial charge >= 0.3 is 0 Å². The summed E-state index contributed by atoms with van der Waals surface area (Å²) in [7, 11) is 0. The average molecular weight is 179 g/mol.